The summed E-state index contributed by atoms with van der Waals surface area (Å²) in [5.41, 5.74) is 0. The number of carbonyl (C=O) groups is 2. The number of ether oxygens (including phenoxy) is 2. The molecule has 0 fully saturated rings. The number of nitrogens with zero attached hydrogens (tertiary/aromatic N) is 1. The minimum Gasteiger partial charge on any atom is -0.434 e. The van der Waals surface area contributed by atoms with Gasteiger partial charge in [-0.25, -0.2) is 8.78 Å². The molecule has 7 heteroatoms. The average molecular weight is 254 g/mol. The fourth-order valence-corrected chi connectivity index (χ4v) is 1.38. The lowest BCUT2D eigenvalue weighted by Crippen LogP contribution is -2.42. The Hall–Kier alpha value is -1.24. The van der Waals surface area contributed by atoms with Gasteiger partial charge < -0.3 is 14.0 Å². The molecule has 0 spiro atoms. The second kappa shape index (κ2) is 7.16. The number of hydrogen-bond acceptors (Lipinski definition) is 4. The van der Waals surface area contributed by atoms with Crippen LogP contribution < -0.4 is 0 Å². The SMILES string of the molecule is C[N+](C)(C)CC(CC(=O)OCF)C(=O)OCF. The van der Waals surface area contributed by atoms with E-state index in [0.717, 1.165) is 0 Å². The van der Waals surface area contributed by atoms with E-state index in [1.54, 1.807) is 21.1 Å². The van der Waals surface area contributed by atoms with E-state index >= 15 is 0 Å². The first kappa shape index (κ1) is 15.8. The normalized spacial score (nSPS) is 13.0. The maximum atomic E-state index is 11.9. The molecule has 0 aromatic carbocycles. The number of rotatable bonds is 7. The Bertz CT molecular complexity index is 266. The molecule has 1 unspecified atom stereocenters. The molecule has 0 heterocycles. The molecule has 0 aromatic heterocycles. The number of carbonyl (C=O) groups excluding carboxylic acids is 2. The Balaban J connectivity index is 4.50. The molecule has 0 amide bonds. The molecule has 0 aromatic rings. The zero-order valence-corrected chi connectivity index (χ0v) is 10.2. The van der Waals surface area contributed by atoms with Crippen LogP contribution in [0.15, 0.2) is 0 Å². The minimum atomic E-state index is -1.25. The first-order valence-electron chi connectivity index (χ1n) is 5.04. The number of quaternary nitrogens is 1. The molecule has 0 aliphatic rings. The van der Waals surface area contributed by atoms with Gasteiger partial charge in [0.25, 0.3) is 0 Å². The van der Waals surface area contributed by atoms with Gasteiger partial charge in [0.05, 0.1) is 34.1 Å². The number of hydrogen-bond donors (Lipinski definition) is 0. The van der Waals surface area contributed by atoms with Gasteiger partial charge in [0.15, 0.2) is 0 Å². The van der Waals surface area contributed by atoms with Crippen molar-refractivity contribution >= 4 is 11.9 Å². The molecule has 17 heavy (non-hydrogen) atoms. The Morgan fingerprint density at radius 1 is 1.12 bits per heavy atom. The molecule has 0 saturated heterocycles. The van der Waals surface area contributed by atoms with E-state index < -0.39 is 31.6 Å². The Morgan fingerprint density at radius 2 is 1.65 bits per heavy atom. The third kappa shape index (κ3) is 7.62. The summed E-state index contributed by atoms with van der Waals surface area (Å²) in [7, 11) is 5.41. The summed E-state index contributed by atoms with van der Waals surface area (Å²) in [6.07, 6.45) is -0.321. The summed E-state index contributed by atoms with van der Waals surface area (Å²) in [5, 5.41) is 0. The van der Waals surface area contributed by atoms with Crippen molar-refractivity contribution in [2.24, 2.45) is 5.92 Å². The van der Waals surface area contributed by atoms with Crippen molar-refractivity contribution in [1.29, 1.82) is 0 Å². The maximum Gasteiger partial charge on any atom is 0.317 e. The minimum absolute atomic E-state index is 0.264. The van der Waals surface area contributed by atoms with E-state index in [0.29, 0.717) is 4.48 Å². The Kier molecular flexibility index (Phi) is 6.64. The molecular formula is C10H18F2NO4+. The molecule has 100 valence electrons. The van der Waals surface area contributed by atoms with E-state index in [9.17, 15) is 18.4 Å². The summed E-state index contributed by atoms with van der Waals surface area (Å²) in [4.78, 5) is 22.5. The largest absolute Gasteiger partial charge is 0.434 e. The van der Waals surface area contributed by atoms with Crippen LogP contribution in [0.4, 0.5) is 8.78 Å². The molecule has 0 saturated carbocycles. The van der Waals surface area contributed by atoms with Gasteiger partial charge in [-0.2, -0.15) is 0 Å². The molecule has 0 radical (unpaired) electrons. The van der Waals surface area contributed by atoms with Crippen LogP contribution in [0.5, 0.6) is 0 Å². The predicted molar refractivity (Wildman–Crippen MR) is 55.1 cm³/mol. The molecule has 0 aliphatic heterocycles. The highest BCUT2D eigenvalue weighted by Crippen LogP contribution is 2.12. The molecule has 0 bridgehead atoms. The summed E-state index contributed by atoms with van der Waals surface area (Å²) in [6, 6.07) is 0. The average Bonchev–Trinajstić information content (AvgIpc) is 2.15. The van der Waals surface area contributed by atoms with Gasteiger partial charge in [0.1, 0.15) is 5.92 Å². The Morgan fingerprint density at radius 3 is 2.06 bits per heavy atom. The first-order valence-corrected chi connectivity index (χ1v) is 5.04. The summed E-state index contributed by atoms with van der Waals surface area (Å²) >= 11 is 0. The standard InChI is InChI=1S/C10H18F2NO4/c1-13(2,3)5-8(10(15)17-7-12)4-9(14)16-6-11/h8H,4-7H2,1-3H3/q+1. The number of halogens is 2. The maximum absolute atomic E-state index is 11.9. The van der Waals surface area contributed by atoms with Crippen LogP contribution in [0.3, 0.4) is 0 Å². The lowest BCUT2D eigenvalue weighted by Gasteiger charge is -2.27. The van der Waals surface area contributed by atoms with E-state index in [1.165, 1.54) is 0 Å². The fraction of sp³-hybridized carbons (Fsp3) is 0.800. The lowest BCUT2D eigenvalue weighted by atomic mass is 10.0. The van der Waals surface area contributed by atoms with Gasteiger partial charge in [-0.05, 0) is 0 Å². The highest BCUT2D eigenvalue weighted by molar-refractivity contribution is 5.80. The summed E-state index contributed by atoms with van der Waals surface area (Å²) in [5.74, 6) is -2.51. The van der Waals surface area contributed by atoms with Gasteiger partial charge in [-0.15, -0.1) is 0 Å². The van der Waals surface area contributed by atoms with E-state index in [-0.39, 0.29) is 13.0 Å². The van der Waals surface area contributed by atoms with Crippen LogP contribution in [0.1, 0.15) is 6.42 Å². The topological polar surface area (TPSA) is 52.6 Å². The zero-order valence-electron chi connectivity index (χ0n) is 10.2. The van der Waals surface area contributed by atoms with Crippen molar-refractivity contribution in [2.45, 2.75) is 6.42 Å². The van der Waals surface area contributed by atoms with Crippen LogP contribution in [-0.4, -0.2) is 57.8 Å². The second-order valence-corrected chi connectivity index (χ2v) is 4.57. The van der Waals surface area contributed by atoms with Gasteiger partial charge in [0, 0.05) is 0 Å². The smallest absolute Gasteiger partial charge is 0.317 e. The monoisotopic (exact) mass is 254 g/mol. The van der Waals surface area contributed by atoms with E-state index in [2.05, 4.69) is 9.47 Å². The lowest BCUT2D eigenvalue weighted by molar-refractivity contribution is -0.872. The van der Waals surface area contributed by atoms with Crippen molar-refractivity contribution in [3.63, 3.8) is 0 Å². The van der Waals surface area contributed by atoms with E-state index in [4.69, 9.17) is 0 Å². The number of alkyl halides is 2. The summed E-state index contributed by atoms with van der Waals surface area (Å²) in [6.45, 7) is -2.22. The number of esters is 2. The molecule has 0 N–H and O–H groups in total. The molecule has 1 atom stereocenters. The van der Waals surface area contributed by atoms with Gasteiger partial charge in [-0.1, -0.05) is 0 Å². The van der Waals surface area contributed by atoms with Gasteiger partial charge >= 0.3 is 11.9 Å². The Labute approximate surface area is 98.9 Å². The predicted octanol–water partition coefficient (Wildman–Crippen LogP) is 0.639. The highest BCUT2D eigenvalue weighted by atomic mass is 19.1. The van der Waals surface area contributed by atoms with E-state index in [1.807, 2.05) is 0 Å². The third-order valence-electron chi connectivity index (χ3n) is 1.93. The third-order valence-corrected chi connectivity index (χ3v) is 1.93. The highest BCUT2D eigenvalue weighted by Gasteiger charge is 2.29. The zero-order chi connectivity index (χ0) is 13.5. The van der Waals surface area contributed by atoms with Crippen LogP contribution in [0.2, 0.25) is 0 Å². The van der Waals surface area contributed by atoms with Crippen molar-refractivity contribution in [3.05, 3.63) is 0 Å². The van der Waals surface area contributed by atoms with Crippen LogP contribution >= 0.6 is 0 Å². The van der Waals surface area contributed by atoms with Gasteiger partial charge in [-0.3, -0.25) is 9.59 Å². The van der Waals surface area contributed by atoms with Crippen molar-refractivity contribution in [2.75, 3.05) is 41.4 Å². The quantitative estimate of drug-likeness (QED) is 0.494. The second-order valence-electron chi connectivity index (χ2n) is 4.57. The molecule has 0 rings (SSSR count). The van der Waals surface area contributed by atoms with Crippen LogP contribution in [0.25, 0.3) is 0 Å². The van der Waals surface area contributed by atoms with Crippen molar-refractivity contribution in [3.8, 4) is 0 Å². The van der Waals surface area contributed by atoms with Crippen LogP contribution in [0, 0.1) is 5.92 Å². The molecular weight excluding hydrogens is 236 g/mol. The van der Waals surface area contributed by atoms with Crippen molar-refractivity contribution in [1.82, 2.24) is 0 Å². The van der Waals surface area contributed by atoms with Crippen molar-refractivity contribution < 1.29 is 32.3 Å². The first-order chi connectivity index (χ1) is 7.80. The fourth-order valence-electron chi connectivity index (χ4n) is 1.38. The summed E-state index contributed by atoms with van der Waals surface area (Å²) < 4.78 is 32.4. The molecule has 5 nitrogen and oxygen atoms in total. The van der Waals surface area contributed by atoms with Gasteiger partial charge in [0.2, 0.25) is 13.7 Å². The molecule has 0 aliphatic carbocycles. The van der Waals surface area contributed by atoms with Crippen LogP contribution in [-0.2, 0) is 19.1 Å².